The molecule has 1 aliphatic rings. The van der Waals surface area contributed by atoms with Gasteiger partial charge in [0.2, 0.25) is 0 Å². The molecule has 0 aromatic heterocycles. The molecule has 232 valence electrons. The fourth-order valence-electron chi connectivity index (χ4n) is 7.70. The van der Waals surface area contributed by atoms with E-state index >= 15 is 0 Å². The Morgan fingerprint density at radius 2 is 0.979 bits per heavy atom. The summed E-state index contributed by atoms with van der Waals surface area (Å²) in [5.41, 5.74) is 14.0. The topological polar surface area (TPSA) is 3.24 Å². The molecule has 0 saturated heterocycles. The van der Waals surface area contributed by atoms with Crippen LogP contribution in [0.25, 0.3) is 45.2 Å². The van der Waals surface area contributed by atoms with Crippen molar-refractivity contribution < 1.29 is 0 Å². The van der Waals surface area contributed by atoms with E-state index in [1.54, 1.807) is 0 Å². The Kier molecular flexibility index (Phi) is 7.74. The van der Waals surface area contributed by atoms with Crippen molar-refractivity contribution in [2.75, 3.05) is 4.90 Å². The van der Waals surface area contributed by atoms with Crippen molar-refractivity contribution in [1.29, 1.82) is 0 Å². The van der Waals surface area contributed by atoms with Gasteiger partial charge in [-0.15, -0.1) is 0 Å². The molecule has 0 fully saturated rings. The van der Waals surface area contributed by atoms with Gasteiger partial charge in [-0.3, -0.25) is 0 Å². The van der Waals surface area contributed by atoms with Crippen molar-refractivity contribution >= 4 is 40.0 Å². The van der Waals surface area contributed by atoms with Gasteiger partial charge in [0.25, 0.3) is 0 Å². The number of anilines is 3. The molecule has 0 bridgehead atoms. The summed E-state index contributed by atoms with van der Waals surface area (Å²) in [6.07, 6.45) is 6.60. The number of para-hydroxylation sites is 2. The van der Waals surface area contributed by atoms with Gasteiger partial charge >= 0.3 is 0 Å². The first kappa shape index (κ1) is 29.7. The van der Waals surface area contributed by atoms with Crippen LogP contribution in [0.4, 0.5) is 17.1 Å². The maximum Gasteiger partial charge on any atom is 0.0465 e. The molecule has 0 unspecified atom stereocenters. The Morgan fingerprint density at radius 3 is 1.65 bits per heavy atom. The average Bonchev–Trinajstić information content (AvgIpc) is 3.43. The first-order valence-electron chi connectivity index (χ1n) is 17.1. The van der Waals surface area contributed by atoms with Crippen LogP contribution in [0, 0.1) is 0 Å². The molecule has 1 aliphatic carbocycles. The van der Waals surface area contributed by atoms with Crippen LogP contribution in [0.5, 0.6) is 0 Å². The van der Waals surface area contributed by atoms with E-state index in [0.29, 0.717) is 0 Å². The van der Waals surface area contributed by atoms with Gasteiger partial charge in [0, 0.05) is 22.5 Å². The molecule has 7 aromatic rings. The third-order valence-electron chi connectivity index (χ3n) is 10.3. The lowest BCUT2D eigenvalue weighted by Crippen LogP contribution is -2.23. The first-order valence-corrected chi connectivity index (χ1v) is 17.1. The fourth-order valence-corrected chi connectivity index (χ4v) is 7.70. The van der Waals surface area contributed by atoms with Gasteiger partial charge in [-0.2, -0.15) is 0 Å². The van der Waals surface area contributed by atoms with Gasteiger partial charge in [0.1, 0.15) is 0 Å². The van der Waals surface area contributed by atoms with Crippen LogP contribution in [0.2, 0.25) is 0 Å². The van der Waals surface area contributed by atoms with Gasteiger partial charge in [-0.25, -0.2) is 0 Å². The Balaban J connectivity index is 1.11. The van der Waals surface area contributed by atoms with E-state index < -0.39 is 0 Å². The molecule has 0 atom stereocenters. The molecule has 7 aromatic carbocycles. The van der Waals surface area contributed by atoms with Crippen LogP contribution < -0.4 is 4.90 Å². The summed E-state index contributed by atoms with van der Waals surface area (Å²) in [6, 6.07) is 59.7. The molecule has 0 aliphatic heterocycles. The SMILES string of the molecule is CCC1(CC)c2cc(/C=C/c3ccc(-c4ccc5ccccc5c4)cc3)ccc2-c2ccc(N(c3ccccc3)c3ccccc3)cc21. The summed E-state index contributed by atoms with van der Waals surface area (Å²) in [6.45, 7) is 4.70. The standard InChI is InChI=1S/C47H39N/c1-3-47(4-2)45-31-35(20-19-34-21-24-37(25-22-34)39-27-26-36-13-11-12-14-38(36)32-39)23-29-43(45)44-30-28-42(33-46(44)47)48(40-15-7-5-8-16-40)41-17-9-6-10-18-41/h5-33H,3-4H2,1-2H3/b20-19+. The molecule has 0 heterocycles. The van der Waals surface area contributed by atoms with E-state index in [2.05, 4.69) is 195 Å². The Labute approximate surface area is 284 Å². The molecule has 0 N–H and O–H groups in total. The molecule has 0 radical (unpaired) electrons. The molecule has 0 saturated carbocycles. The summed E-state index contributed by atoms with van der Waals surface area (Å²) < 4.78 is 0. The third kappa shape index (κ3) is 5.22. The zero-order valence-electron chi connectivity index (χ0n) is 27.6. The average molecular weight is 618 g/mol. The zero-order chi connectivity index (χ0) is 32.5. The normalized spacial score (nSPS) is 13.0. The van der Waals surface area contributed by atoms with Crippen LogP contribution >= 0.6 is 0 Å². The highest BCUT2D eigenvalue weighted by molar-refractivity contribution is 5.89. The number of hydrogen-bond acceptors (Lipinski definition) is 1. The summed E-state index contributed by atoms with van der Waals surface area (Å²) >= 11 is 0. The van der Waals surface area contributed by atoms with E-state index in [9.17, 15) is 0 Å². The van der Waals surface area contributed by atoms with Crippen molar-refractivity contribution in [2.45, 2.75) is 32.1 Å². The molecular formula is C47H39N. The van der Waals surface area contributed by atoms with Gasteiger partial charge in [0.05, 0.1) is 0 Å². The van der Waals surface area contributed by atoms with Crippen LogP contribution in [-0.4, -0.2) is 0 Å². The Hall–Kier alpha value is -5.66. The molecule has 1 heteroatoms. The highest BCUT2D eigenvalue weighted by Gasteiger charge is 2.41. The quantitative estimate of drug-likeness (QED) is 0.153. The maximum absolute atomic E-state index is 2.45. The second kappa shape index (κ2) is 12.5. The summed E-state index contributed by atoms with van der Waals surface area (Å²) in [4.78, 5) is 2.37. The number of fused-ring (bicyclic) bond motifs is 4. The second-order valence-corrected chi connectivity index (χ2v) is 12.8. The maximum atomic E-state index is 2.45. The van der Waals surface area contributed by atoms with E-state index in [-0.39, 0.29) is 5.41 Å². The molecule has 0 amide bonds. The van der Waals surface area contributed by atoms with Crippen molar-refractivity contribution in [3.05, 3.63) is 186 Å². The summed E-state index contributed by atoms with van der Waals surface area (Å²) in [7, 11) is 0. The minimum Gasteiger partial charge on any atom is -0.310 e. The van der Waals surface area contributed by atoms with Crippen LogP contribution in [0.15, 0.2) is 164 Å². The van der Waals surface area contributed by atoms with Gasteiger partial charge < -0.3 is 4.90 Å². The molecule has 8 rings (SSSR count). The molecule has 1 nitrogen and oxygen atoms in total. The lowest BCUT2D eigenvalue weighted by Gasteiger charge is -2.32. The van der Waals surface area contributed by atoms with E-state index in [1.165, 1.54) is 61.0 Å². The lowest BCUT2D eigenvalue weighted by molar-refractivity contribution is 0.490. The smallest absolute Gasteiger partial charge is 0.0465 e. The third-order valence-corrected chi connectivity index (χ3v) is 10.3. The van der Waals surface area contributed by atoms with E-state index in [0.717, 1.165) is 24.2 Å². The highest BCUT2D eigenvalue weighted by atomic mass is 15.1. The van der Waals surface area contributed by atoms with E-state index in [4.69, 9.17) is 0 Å². The monoisotopic (exact) mass is 617 g/mol. The van der Waals surface area contributed by atoms with Crippen LogP contribution in [-0.2, 0) is 5.41 Å². The van der Waals surface area contributed by atoms with Gasteiger partial charge in [0.15, 0.2) is 0 Å². The van der Waals surface area contributed by atoms with Crippen molar-refractivity contribution in [1.82, 2.24) is 0 Å². The number of nitrogens with zero attached hydrogens (tertiary/aromatic N) is 1. The molecule has 48 heavy (non-hydrogen) atoms. The van der Waals surface area contributed by atoms with Crippen LogP contribution in [0.3, 0.4) is 0 Å². The predicted molar refractivity (Wildman–Crippen MR) is 206 cm³/mol. The lowest BCUT2D eigenvalue weighted by atomic mass is 9.73. The van der Waals surface area contributed by atoms with E-state index in [1.807, 2.05) is 0 Å². The van der Waals surface area contributed by atoms with Crippen molar-refractivity contribution in [2.24, 2.45) is 0 Å². The van der Waals surface area contributed by atoms with Crippen LogP contribution in [0.1, 0.15) is 48.9 Å². The highest BCUT2D eigenvalue weighted by Crippen LogP contribution is 2.54. The van der Waals surface area contributed by atoms with Gasteiger partial charge in [-0.05, 0) is 111 Å². The summed E-state index contributed by atoms with van der Waals surface area (Å²) in [5, 5.41) is 2.55. The van der Waals surface area contributed by atoms with Crippen molar-refractivity contribution in [3.8, 4) is 22.3 Å². The first-order chi connectivity index (χ1) is 23.7. The number of rotatable bonds is 8. The van der Waals surface area contributed by atoms with Gasteiger partial charge in [-0.1, -0.05) is 147 Å². The van der Waals surface area contributed by atoms with Crippen molar-refractivity contribution in [3.63, 3.8) is 0 Å². The molecular weight excluding hydrogens is 579 g/mol. The second-order valence-electron chi connectivity index (χ2n) is 12.8. The Morgan fingerprint density at radius 1 is 0.438 bits per heavy atom. The Bertz CT molecular complexity index is 2200. The zero-order valence-corrected chi connectivity index (χ0v) is 27.6. The minimum absolute atomic E-state index is 0.0366. The number of hydrogen-bond donors (Lipinski definition) is 0. The molecule has 0 spiro atoms. The minimum atomic E-state index is -0.0366. The fraction of sp³-hybridized carbons (Fsp3) is 0.106. The summed E-state index contributed by atoms with van der Waals surface area (Å²) in [5.74, 6) is 0. The number of benzene rings is 7. The predicted octanol–water partition coefficient (Wildman–Crippen LogP) is 13.2. The largest absolute Gasteiger partial charge is 0.310 e.